The van der Waals surface area contributed by atoms with Gasteiger partial charge in [-0.1, -0.05) is 35.4 Å². The number of carbonyl (C=O) groups is 3. The van der Waals surface area contributed by atoms with Gasteiger partial charge in [0, 0.05) is 18.4 Å². The van der Waals surface area contributed by atoms with E-state index in [9.17, 15) is 14.4 Å². The second-order valence-corrected chi connectivity index (χ2v) is 8.52. The fourth-order valence-electron chi connectivity index (χ4n) is 3.56. The SMILES string of the molecule is Cc1ccc(NC(=O)CN(C)C(=O)C(C)N(C)CC(=O)Nc2c(C)cc(C)cc2C)cc1. The van der Waals surface area contributed by atoms with E-state index in [0.29, 0.717) is 5.69 Å². The maximum Gasteiger partial charge on any atom is 0.243 e. The van der Waals surface area contributed by atoms with Crippen LogP contribution in [0.1, 0.15) is 29.2 Å². The first-order chi connectivity index (χ1) is 15.0. The lowest BCUT2D eigenvalue weighted by Crippen LogP contribution is -2.48. The van der Waals surface area contributed by atoms with E-state index in [0.717, 1.165) is 27.9 Å². The first-order valence-corrected chi connectivity index (χ1v) is 10.7. The third-order valence-corrected chi connectivity index (χ3v) is 5.45. The van der Waals surface area contributed by atoms with E-state index in [2.05, 4.69) is 10.6 Å². The topological polar surface area (TPSA) is 81.8 Å². The average molecular weight is 439 g/mol. The van der Waals surface area contributed by atoms with Crippen LogP contribution in [0.4, 0.5) is 11.4 Å². The summed E-state index contributed by atoms with van der Waals surface area (Å²) in [5.41, 5.74) is 5.74. The van der Waals surface area contributed by atoms with Crippen molar-refractivity contribution in [3.8, 4) is 0 Å². The Hall–Kier alpha value is -3.19. The van der Waals surface area contributed by atoms with Crippen LogP contribution in [-0.2, 0) is 14.4 Å². The third-order valence-electron chi connectivity index (χ3n) is 5.45. The maximum absolute atomic E-state index is 12.8. The second kappa shape index (κ2) is 10.9. The predicted molar refractivity (Wildman–Crippen MR) is 129 cm³/mol. The minimum absolute atomic E-state index is 0.0586. The minimum Gasteiger partial charge on any atom is -0.335 e. The molecule has 0 heterocycles. The number of amides is 3. The molecule has 0 saturated heterocycles. The Labute approximate surface area is 190 Å². The highest BCUT2D eigenvalue weighted by atomic mass is 16.2. The largest absolute Gasteiger partial charge is 0.335 e. The Bertz CT molecular complexity index is 962. The molecule has 0 radical (unpaired) electrons. The third kappa shape index (κ3) is 6.92. The molecule has 0 aromatic heterocycles. The highest BCUT2D eigenvalue weighted by Gasteiger charge is 2.24. The predicted octanol–water partition coefficient (Wildman–Crippen LogP) is 3.28. The summed E-state index contributed by atoms with van der Waals surface area (Å²) in [6.45, 7) is 9.63. The van der Waals surface area contributed by atoms with Crippen LogP contribution in [0.15, 0.2) is 36.4 Å². The van der Waals surface area contributed by atoms with Gasteiger partial charge in [-0.15, -0.1) is 0 Å². The Morgan fingerprint density at radius 3 is 1.91 bits per heavy atom. The molecule has 7 heteroatoms. The number of hydrogen-bond acceptors (Lipinski definition) is 4. The molecule has 0 spiro atoms. The molecule has 2 rings (SSSR count). The summed E-state index contributed by atoms with van der Waals surface area (Å²) >= 11 is 0. The van der Waals surface area contributed by atoms with E-state index in [1.165, 1.54) is 4.90 Å². The van der Waals surface area contributed by atoms with Crippen molar-refractivity contribution in [3.63, 3.8) is 0 Å². The average Bonchev–Trinajstić information content (AvgIpc) is 2.71. The highest BCUT2D eigenvalue weighted by molar-refractivity contribution is 5.96. The van der Waals surface area contributed by atoms with Crippen molar-refractivity contribution in [2.45, 2.75) is 40.7 Å². The maximum atomic E-state index is 12.8. The van der Waals surface area contributed by atoms with E-state index >= 15 is 0 Å². The van der Waals surface area contributed by atoms with Crippen molar-refractivity contribution in [1.82, 2.24) is 9.80 Å². The van der Waals surface area contributed by atoms with E-state index in [1.54, 1.807) is 25.9 Å². The molecule has 0 aliphatic carbocycles. The normalized spacial score (nSPS) is 11.8. The van der Waals surface area contributed by atoms with Gasteiger partial charge in [0.25, 0.3) is 0 Å². The number of hydrogen-bond donors (Lipinski definition) is 2. The van der Waals surface area contributed by atoms with E-state index in [1.807, 2.05) is 64.1 Å². The van der Waals surface area contributed by atoms with Gasteiger partial charge in [-0.3, -0.25) is 19.3 Å². The number of likely N-dealkylation sites (N-methyl/N-ethyl adjacent to an activating group) is 2. The zero-order valence-corrected chi connectivity index (χ0v) is 20.1. The second-order valence-electron chi connectivity index (χ2n) is 8.52. The Kier molecular flexibility index (Phi) is 8.55. The summed E-state index contributed by atoms with van der Waals surface area (Å²) in [5.74, 6) is -0.702. The van der Waals surface area contributed by atoms with E-state index in [-0.39, 0.29) is 30.8 Å². The van der Waals surface area contributed by atoms with Crippen molar-refractivity contribution in [2.24, 2.45) is 0 Å². The molecule has 172 valence electrons. The minimum atomic E-state index is -0.557. The Balaban J connectivity index is 1.89. The van der Waals surface area contributed by atoms with Crippen LogP contribution in [0.2, 0.25) is 0 Å². The van der Waals surface area contributed by atoms with Gasteiger partial charge in [-0.25, -0.2) is 0 Å². The molecule has 2 aromatic carbocycles. The van der Waals surface area contributed by atoms with Gasteiger partial charge >= 0.3 is 0 Å². The number of carbonyl (C=O) groups excluding carboxylic acids is 3. The van der Waals surface area contributed by atoms with E-state index in [4.69, 9.17) is 0 Å². The standard InChI is InChI=1S/C25H34N4O3/c1-16-8-10-21(11-9-16)26-22(30)15-29(7)25(32)20(5)28(6)14-23(31)27-24-18(3)12-17(2)13-19(24)4/h8-13,20H,14-15H2,1-7H3,(H,26,30)(H,27,31). The molecule has 7 nitrogen and oxygen atoms in total. The van der Waals surface area contributed by atoms with Crippen molar-refractivity contribution in [2.75, 3.05) is 37.8 Å². The Morgan fingerprint density at radius 1 is 0.812 bits per heavy atom. The first kappa shape index (κ1) is 25.1. The number of anilines is 2. The number of nitrogens with zero attached hydrogens (tertiary/aromatic N) is 2. The van der Waals surface area contributed by atoms with Crippen molar-refractivity contribution < 1.29 is 14.4 Å². The molecule has 0 saturated carbocycles. The van der Waals surface area contributed by atoms with Gasteiger partial charge in [0.05, 0.1) is 19.1 Å². The molecule has 1 unspecified atom stereocenters. The smallest absolute Gasteiger partial charge is 0.243 e. The summed E-state index contributed by atoms with van der Waals surface area (Å²) in [7, 11) is 3.30. The monoisotopic (exact) mass is 438 g/mol. The van der Waals surface area contributed by atoms with Crippen molar-refractivity contribution in [1.29, 1.82) is 0 Å². The van der Waals surface area contributed by atoms with Gasteiger partial charge in [0.15, 0.2) is 0 Å². The fraction of sp³-hybridized carbons (Fsp3) is 0.400. The fourth-order valence-corrected chi connectivity index (χ4v) is 3.56. The molecule has 1 atom stereocenters. The molecule has 0 aliphatic heterocycles. The van der Waals surface area contributed by atoms with E-state index < -0.39 is 6.04 Å². The molecule has 3 amide bonds. The molecular weight excluding hydrogens is 404 g/mol. The molecule has 32 heavy (non-hydrogen) atoms. The van der Waals surface area contributed by atoms with Crippen LogP contribution in [0.25, 0.3) is 0 Å². The molecule has 2 N–H and O–H groups in total. The van der Waals surface area contributed by atoms with Crippen LogP contribution in [-0.4, -0.2) is 60.7 Å². The summed E-state index contributed by atoms with van der Waals surface area (Å²) in [6, 6.07) is 10.9. The van der Waals surface area contributed by atoms with Crippen molar-refractivity contribution in [3.05, 3.63) is 58.7 Å². The molecule has 0 bridgehead atoms. The van der Waals surface area contributed by atoms with Gasteiger partial charge < -0.3 is 15.5 Å². The zero-order valence-electron chi connectivity index (χ0n) is 20.1. The lowest BCUT2D eigenvalue weighted by atomic mass is 10.1. The van der Waals surface area contributed by atoms with Gasteiger partial charge in [-0.05, 0) is 64.9 Å². The first-order valence-electron chi connectivity index (χ1n) is 10.7. The highest BCUT2D eigenvalue weighted by Crippen LogP contribution is 2.21. The quantitative estimate of drug-likeness (QED) is 0.663. The number of rotatable bonds is 8. The number of nitrogens with one attached hydrogen (secondary N) is 2. The number of benzene rings is 2. The van der Waals surface area contributed by atoms with Crippen LogP contribution < -0.4 is 10.6 Å². The summed E-state index contributed by atoms with van der Waals surface area (Å²) in [6.07, 6.45) is 0. The van der Waals surface area contributed by atoms with Gasteiger partial charge in [0.2, 0.25) is 17.7 Å². The Morgan fingerprint density at radius 2 is 1.34 bits per heavy atom. The van der Waals surface area contributed by atoms with Gasteiger partial charge in [-0.2, -0.15) is 0 Å². The van der Waals surface area contributed by atoms with Gasteiger partial charge in [0.1, 0.15) is 0 Å². The lowest BCUT2D eigenvalue weighted by Gasteiger charge is -2.27. The lowest BCUT2D eigenvalue weighted by molar-refractivity contribution is -0.137. The molecule has 0 aliphatic rings. The summed E-state index contributed by atoms with van der Waals surface area (Å²) in [5, 5.41) is 5.74. The van der Waals surface area contributed by atoms with Crippen LogP contribution in [0, 0.1) is 27.7 Å². The zero-order chi connectivity index (χ0) is 24.0. The van der Waals surface area contributed by atoms with Crippen molar-refractivity contribution >= 4 is 29.1 Å². The summed E-state index contributed by atoms with van der Waals surface area (Å²) in [4.78, 5) is 40.7. The molecule has 2 aromatic rings. The van der Waals surface area contributed by atoms with Crippen LogP contribution in [0.5, 0.6) is 0 Å². The summed E-state index contributed by atoms with van der Waals surface area (Å²) < 4.78 is 0. The van der Waals surface area contributed by atoms with Crippen LogP contribution in [0.3, 0.4) is 0 Å². The molecular formula is C25H34N4O3. The molecule has 0 fully saturated rings. The van der Waals surface area contributed by atoms with Crippen LogP contribution >= 0.6 is 0 Å². The number of aryl methyl sites for hydroxylation is 4.